The van der Waals surface area contributed by atoms with Crippen LogP contribution in [-0.2, 0) is 13.0 Å². The largest absolute Gasteiger partial charge is 0.494 e. The fraction of sp³-hybridized carbons (Fsp3) is 0.625. The van der Waals surface area contributed by atoms with Crippen molar-refractivity contribution in [3.05, 3.63) is 29.3 Å². The number of aliphatic hydroxyl groups excluding tert-OH is 1. The van der Waals surface area contributed by atoms with Gasteiger partial charge in [0.05, 0.1) is 6.61 Å². The van der Waals surface area contributed by atoms with Crippen molar-refractivity contribution in [1.29, 1.82) is 0 Å². The van der Waals surface area contributed by atoms with E-state index in [1.165, 1.54) is 17.5 Å². The van der Waals surface area contributed by atoms with Crippen LogP contribution >= 0.6 is 0 Å². The number of rotatable bonds is 7. The monoisotopic (exact) mass is 263 g/mol. The lowest BCUT2D eigenvalue weighted by Gasteiger charge is -2.29. The second kappa shape index (κ2) is 7.51. The van der Waals surface area contributed by atoms with Crippen LogP contribution in [0.3, 0.4) is 0 Å². The van der Waals surface area contributed by atoms with Crippen molar-refractivity contribution in [3.8, 4) is 5.75 Å². The van der Waals surface area contributed by atoms with Crippen molar-refractivity contribution < 1.29 is 9.84 Å². The highest BCUT2D eigenvalue weighted by Gasteiger charge is 2.16. The van der Waals surface area contributed by atoms with Gasteiger partial charge in [-0.2, -0.15) is 0 Å². The topological polar surface area (TPSA) is 32.7 Å². The van der Waals surface area contributed by atoms with E-state index in [1.807, 2.05) is 6.92 Å². The van der Waals surface area contributed by atoms with Crippen molar-refractivity contribution in [3.63, 3.8) is 0 Å². The third-order valence-corrected chi connectivity index (χ3v) is 3.71. The number of hydrogen-bond donors (Lipinski definition) is 1. The van der Waals surface area contributed by atoms with Crippen LogP contribution in [0.4, 0.5) is 0 Å². The Morgan fingerprint density at radius 1 is 1.21 bits per heavy atom. The highest BCUT2D eigenvalue weighted by atomic mass is 16.5. The van der Waals surface area contributed by atoms with E-state index in [2.05, 4.69) is 23.1 Å². The summed E-state index contributed by atoms with van der Waals surface area (Å²) in [4.78, 5) is 2.51. The number of ether oxygens (including phenoxy) is 1. The Kier molecular flexibility index (Phi) is 5.67. The predicted molar refractivity (Wildman–Crippen MR) is 77.5 cm³/mol. The number of unbranched alkanes of at least 4 members (excludes halogenated alkanes) is 2. The SMILES string of the molecule is CCOc1ccc2c(c1)CN(CCCCCO)CC2. The summed E-state index contributed by atoms with van der Waals surface area (Å²) < 4.78 is 5.57. The molecule has 1 aromatic carbocycles. The summed E-state index contributed by atoms with van der Waals surface area (Å²) in [6, 6.07) is 6.49. The zero-order valence-electron chi connectivity index (χ0n) is 11.9. The average Bonchev–Trinajstić information content (AvgIpc) is 2.44. The molecule has 0 spiro atoms. The van der Waals surface area contributed by atoms with Crippen LogP contribution in [0.15, 0.2) is 18.2 Å². The summed E-state index contributed by atoms with van der Waals surface area (Å²) in [6.07, 6.45) is 4.38. The molecular formula is C16H25NO2. The first kappa shape index (κ1) is 14.4. The molecule has 0 atom stereocenters. The lowest BCUT2D eigenvalue weighted by atomic mass is 9.99. The first-order valence-electron chi connectivity index (χ1n) is 7.41. The van der Waals surface area contributed by atoms with Crippen LogP contribution < -0.4 is 4.74 Å². The number of aliphatic hydroxyl groups is 1. The highest BCUT2D eigenvalue weighted by Crippen LogP contribution is 2.24. The van der Waals surface area contributed by atoms with Gasteiger partial charge in [0, 0.05) is 19.7 Å². The Labute approximate surface area is 116 Å². The van der Waals surface area contributed by atoms with Crippen molar-refractivity contribution in [1.82, 2.24) is 4.90 Å². The van der Waals surface area contributed by atoms with E-state index < -0.39 is 0 Å². The molecular weight excluding hydrogens is 238 g/mol. The Morgan fingerprint density at radius 2 is 2.11 bits per heavy atom. The number of benzene rings is 1. The second-order valence-electron chi connectivity index (χ2n) is 5.17. The molecule has 1 heterocycles. The molecule has 0 aliphatic carbocycles. The van der Waals surface area contributed by atoms with Crippen molar-refractivity contribution >= 4 is 0 Å². The Balaban J connectivity index is 1.88. The van der Waals surface area contributed by atoms with Gasteiger partial charge in [0.25, 0.3) is 0 Å². The fourth-order valence-corrected chi connectivity index (χ4v) is 2.66. The maximum absolute atomic E-state index is 8.79. The van der Waals surface area contributed by atoms with Gasteiger partial charge in [0.2, 0.25) is 0 Å². The molecule has 106 valence electrons. The molecule has 1 aliphatic rings. The first-order valence-corrected chi connectivity index (χ1v) is 7.41. The second-order valence-corrected chi connectivity index (χ2v) is 5.17. The van der Waals surface area contributed by atoms with Crippen LogP contribution in [0.2, 0.25) is 0 Å². The number of nitrogens with zero attached hydrogens (tertiary/aromatic N) is 1. The van der Waals surface area contributed by atoms with E-state index in [-0.39, 0.29) is 0 Å². The lowest BCUT2D eigenvalue weighted by molar-refractivity contribution is 0.238. The van der Waals surface area contributed by atoms with Crippen molar-refractivity contribution in [2.75, 3.05) is 26.3 Å². The fourth-order valence-electron chi connectivity index (χ4n) is 2.66. The van der Waals surface area contributed by atoms with E-state index in [1.54, 1.807) is 0 Å². The number of hydrogen-bond acceptors (Lipinski definition) is 3. The molecule has 0 radical (unpaired) electrons. The van der Waals surface area contributed by atoms with Crippen molar-refractivity contribution in [2.24, 2.45) is 0 Å². The minimum absolute atomic E-state index is 0.320. The summed E-state index contributed by atoms with van der Waals surface area (Å²) in [7, 11) is 0. The molecule has 1 N–H and O–H groups in total. The molecule has 0 saturated heterocycles. The van der Waals surface area contributed by atoms with Gasteiger partial charge in [-0.1, -0.05) is 6.07 Å². The summed E-state index contributed by atoms with van der Waals surface area (Å²) in [5.41, 5.74) is 2.88. The molecule has 0 amide bonds. The average molecular weight is 263 g/mol. The van der Waals surface area contributed by atoms with Gasteiger partial charge < -0.3 is 9.84 Å². The van der Waals surface area contributed by atoms with E-state index in [9.17, 15) is 0 Å². The molecule has 1 aliphatic heterocycles. The molecule has 0 bridgehead atoms. The van der Waals surface area contributed by atoms with Crippen LogP contribution in [0.25, 0.3) is 0 Å². The maximum Gasteiger partial charge on any atom is 0.119 e. The van der Waals surface area contributed by atoms with Crippen molar-refractivity contribution in [2.45, 2.75) is 39.2 Å². The van der Waals surface area contributed by atoms with Gasteiger partial charge in [0.15, 0.2) is 0 Å². The Bertz CT molecular complexity index is 392. The first-order chi connectivity index (χ1) is 9.33. The maximum atomic E-state index is 8.79. The molecule has 0 aromatic heterocycles. The van der Waals surface area contributed by atoms with Crippen LogP contribution in [0, 0.1) is 0 Å². The normalized spacial score (nSPS) is 15.3. The lowest BCUT2D eigenvalue weighted by Crippen LogP contribution is -2.31. The summed E-state index contributed by atoms with van der Waals surface area (Å²) in [5, 5.41) is 8.79. The molecule has 19 heavy (non-hydrogen) atoms. The minimum atomic E-state index is 0.320. The van der Waals surface area contributed by atoms with E-state index >= 15 is 0 Å². The van der Waals surface area contributed by atoms with Crippen LogP contribution in [-0.4, -0.2) is 36.3 Å². The van der Waals surface area contributed by atoms with Crippen LogP contribution in [0.1, 0.15) is 37.3 Å². The van der Waals surface area contributed by atoms with E-state index in [4.69, 9.17) is 9.84 Å². The van der Waals surface area contributed by atoms with Gasteiger partial charge >= 0.3 is 0 Å². The van der Waals surface area contributed by atoms with Gasteiger partial charge in [-0.15, -0.1) is 0 Å². The van der Waals surface area contributed by atoms with Gasteiger partial charge in [-0.05, 0) is 62.4 Å². The quantitative estimate of drug-likeness (QED) is 0.768. The third kappa shape index (κ3) is 4.22. The Morgan fingerprint density at radius 3 is 2.89 bits per heavy atom. The molecule has 3 nitrogen and oxygen atoms in total. The van der Waals surface area contributed by atoms with E-state index in [0.717, 1.165) is 51.3 Å². The standard InChI is InChI=1S/C16H25NO2/c1-2-19-16-7-6-14-8-10-17(13-15(14)12-16)9-4-3-5-11-18/h6-7,12,18H,2-5,8-11,13H2,1H3. The van der Waals surface area contributed by atoms with Crippen LogP contribution in [0.5, 0.6) is 5.75 Å². The van der Waals surface area contributed by atoms with Gasteiger partial charge in [-0.25, -0.2) is 0 Å². The molecule has 1 aromatic rings. The van der Waals surface area contributed by atoms with E-state index in [0.29, 0.717) is 6.61 Å². The highest BCUT2D eigenvalue weighted by molar-refractivity contribution is 5.37. The Hall–Kier alpha value is -1.06. The molecule has 0 fully saturated rings. The molecule has 2 rings (SSSR count). The smallest absolute Gasteiger partial charge is 0.119 e. The third-order valence-electron chi connectivity index (χ3n) is 3.71. The minimum Gasteiger partial charge on any atom is -0.494 e. The zero-order chi connectivity index (χ0) is 13.5. The van der Waals surface area contributed by atoms with Gasteiger partial charge in [0.1, 0.15) is 5.75 Å². The summed E-state index contributed by atoms with van der Waals surface area (Å²) in [5.74, 6) is 0.989. The summed E-state index contributed by atoms with van der Waals surface area (Å²) >= 11 is 0. The summed E-state index contributed by atoms with van der Waals surface area (Å²) in [6.45, 7) is 6.39. The zero-order valence-corrected chi connectivity index (χ0v) is 11.9. The predicted octanol–water partition coefficient (Wildman–Crippen LogP) is 2.61. The van der Waals surface area contributed by atoms with Gasteiger partial charge in [-0.3, -0.25) is 4.90 Å². The number of fused-ring (bicyclic) bond motifs is 1. The molecule has 3 heteroatoms. The molecule has 0 unspecified atom stereocenters. The molecule has 0 saturated carbocycles.